The van der Waals surface area contributed by atoms with Crippen molar-refractivity contribution in [2.75, 3.05) is 11.1 Å². The molecule has 3 N–H and O–H groups in total. The van der Waals surface area contributed by atoms with Gasteiger partial charge in [0.15, 0.2) is 0 Å². The third-order valence-electron chi connectivity index (χ3n) is 4.70. The summed E-state index contributed by atoms with van der Waals surface area (Å²) in [6.45, 7) is 1.97. The van der Waals surface area contributed by atoms with Crippen LogP contribution in [0.5, 0.6) is 0 Å². The molecule has 1 aliphatic rings. The molecule has 1 saturated carbocycles. The highest BCUT2D eigenvalue weighted by molar-refractivity contribution is 5.84. The first-order valence-corrected chi connectivity index (χ1v) is 8.43. The number of nitrogens with zero attached hydrogens (tertiary/aromatic N) is 4. The molecule has 4 rings (SSSR count). The van der Waals surface area contributed by atoms with Crippen LogP contribution >= 0.6 is 0 Å². The number of nitrogens with two attached hydrogens (primary N) is 1. The van der Waals surface area contributed by atoms with Gasteiger partial charge in [0.05, 0.1) is 11.6 Å². The number of nitrogens with one attached hydrogen (secondary N) is 1. The van der Waals surface area contributed by atoms with Crippen LogP contribution < -0.4 is 11.1 Å². The average Bonchev–Trinajstić information content (AvgIpc) is 3.45. The topological polar surface area (TPSA) is 101 Å². The van der Waals surface area contributed by atoms with Gasteiger partial charge in [-0.3, -0.25) is 4.98 Å². The number of nitriles is 1. The summed E-state index contributed by atoms with van der Waals surface area (Å²) in [6.07, 6.45) is 5.31. The molecule has 0 bridgehead atoms. The lowest BCUT2D eigenvalue weighted by atomic mass is 9.95. The third kappa shape index (κ3) is 2.80. The number of halogens is 1. The zero-order chi connectivity index (χ0) is 18.3. The van der Waals surface area contributed by atoms with Crippen LogP contribution in [0.25, 0.3) is 10.9 Å². The van der Waals surface area contributed by atoms with E-state index in [0.717, 1.165) is 34.9 Å². The number of anilines is 2. The number of rotatable bonds is 4. The number of fused-ring (bicyclic) bond motifs is 1. The van der Waals surface area contributed by atoms with E-state index in [4.69, 9.17) is 5.73 Å². The van der Waals surface area contributed by atoms with E-state index in [0.29, 0.717) is 11.7 Å². The van der Waals surface area contributed by atoms with Gasteiger partial charge >= 0.3 is 0 Å². The highest BCUT2D eigenvalue weighted by Gasteiger charge is 2.30. The number of nitrogen functional groups attached to an aromatic ring is 1. The predicted molar refractivity (Wildman–Crippen MR) is 96.9 cm³/mol. The molecule has 1 fully saturated rings. The molecule has 6 nitrogen and oxygen atoms in total. The summed E-state index contributed by atoms with van der Waals surface area (Å²) in [5.74, 6) is 0.661. The molecule has 0 amide bonds. The Morgan fingerprint density at radius 3 is 2.85 bits per heavy atom. The van der Waals surface area contributed by atoms with Crippen LogP contribution in [0.2, 0.25) is 0 Å². The average molecular weight is 348 g/mol. The Kier molecular flexibility index (Phi) is 3.88. The van der Waals surface area contributed by atoms with Crippen molar-refractivity contribution in [2.45, 2.75) is 31.7 Å². The SMILES string of the molecule is C[C@H](Nc1ncnc(N)c1C#N)c1cnc2ccc(F)cc2c1C1CC1. The maximum Gasteiger partial charge on any atom is 0.150 e. The number of pyridine rings is 1. The molecule has 0 aliphatic heterocycles. The minimum Gasteiger partial charge on any atom is -0.382 e. The lowest BCUT2D eigenvalue weighted by molar-refractivity contribution is 0.629. The predicted octanol–water partition coefficient (Wildman–Crippen LogP) is 3.67. The smallest absolute Gasteiger partial charge is 0.150 e. The summed E-state index contributed by atoms with van der Waals surface area (Å²) < 4.78 is 13.8. The van der Waals surface area contributed by atoms with Gasteiger partial charge in [0.1, 0.15) is 35.4 Å². The molecule has 1 aromatic carbocycles. The quantitative estimate of drug-likeness (QED) is 0.746. The van der Waals surface area contributed by atoms with Gasteiger partial charge in [0.2, 0.25) is 0 Å². The molecule has 0 unspecified atom stereocenters. The maximum atomic E-state index is 13.8. The standard InChI is InChI=1S/C19H17FN6/c1-10(26-19-14(7-21)18(22)24-9-25-19)15-8-23-16-5-4-12(20)6-13(16)17(15)11-2-3-11/h4-6,8-11H,2-3H2,1H3,(H3,22,24,25,26)/t10-/m0/s1. The zero-order valence-corrected chi connectivity index (χ0v) is 14.2. The number of hydrogen-bond donors (Lipinski definition) is 2. The van der Waals surface area contributed by atoms with Gasteiger partial charge in [-0.2, -0.15) is 5.26 Å². The molecule has 2 aromatic heterocycles. The van der Waals surface area contributed by atoms with E-state index in [2.05, 4.69) is 20.3 Å². The van der Waals surface area contributed by atoms with Crippen LogP contribution in [0.4, 0.5) is 16.0 Å². The summed E-state index contributed by atoms with van der Waals surface area (Å²) in [4.78, 5) is 12.5. The van der Waals surface area contributed by atoms with Crippen LogP contribution in [0.3, 0.4) is 0 Å². The summed E-state index contributed by atoms with van der Waals surface area (Å²) in [6, 6.07) is 6.54. The fourth-order valence-electron chi connectivity index (χ4n) is 3.28. The van der Waals surface area contributed by atoms with Crippen LogP contribution in [0.15, 0.2) is 30.7 Å². The second-order valence-corrected chi connectivity index (χ2v) is 6.52. The first-order valence-electron chi connectivity index (χ1n) is 8.43. The second kappa shape index (κ2) is 6.23. The van der Waals surface area contributed by atoms with Crippen molar-refractivity contribution >= 4 is 22.5 Å². The molecule has 130 valence electrons. The largest absolute Gasteiger partial charge is 0.382 e. The lowest BCUT2D eigenvalue weighted by Crippen LogP contribution is -2.13. The van der Waals surface area contributed by atoms with Gasteiger partial charge in [-0.15, -0.1) is 0 Å². The third-order valence-corrected chi connectivity index (χ3v) is 4.70. The molecule has 7 heteroatoms. The second-order valence-electron chi connectivity index (χ2n) is 6.52. The van der Waals surface area contributed by atoms with Crippen molar-refractivity contribution < 1.29 is 4.39 Å². The molecule has 0 radical (unpaired) electrons. The van der Waals surface area contributed by atoms with Crippen molar-refractivity contribution in [3.05, 3.63) is 53.2 Å². The van der Waals surface area contributed by atoms with Crippen molar-refractivity contribution in [3.8, 4) is 6.07 Å². The number of aromatic nitrogens is 3. The first kappa shape index (κ1) is 16.2. The Balaban J connectivity index is 1.78. The number of benzene rings is 1. The molecule has 0 saturated heterocycles. The lowest BCUT2D eigenvalue weighted by Gasteiger charge is -2.20. The molecule has 0 spiro atoms. The van der Waals surface area contributed by atoms with E-state index < -0.39 is 0 Å². The highest BCUT2D eigenvalue weighted by atomic mass is 19.1. The summed E-state index contributed by atoms with van der Waals surface area (Å²) >= 11 is 0. The zero-order valence-electron chi connectivity index (χ0n) is 14.2. The van der Waals surface area contributed by atoms with Crippen molar-refractivity contribution in [2.24, 2.45) is 0 Å². The molecule has 2 heterocycles. The minimum absolute atomic E-state index is 0.137. The van der Waals surface area contributed by atoms with Gasteiger partial charge in [-0.1, -0.05) is 0 Å². The normalized spacial score (nSPS) is 14.8. The van der Waals surface area contributed by atoms with Gasteiger partial charge in [0.25, 0.3) is 0 Å². The monoisotopic (exact) mass is 348 g/mol. The van der Waals surface area contributed by atoms with Gasteiger partial charge in [0, 0.05) is 11.6 Å². The summed E-state index contributed by atoms with van der Waals surface area (Å²) in [5, 5.41) is 13.4. The molecule has 26 heavy (non-hydrogen) atoms. The highest BCUT2D eigenvalue weighted by Crippen LogP contribution is 2.46. The maximum absolute atomic E-state index is 13.8. The van der Waals surface area contributed by atoms with E-state index in [1.807, 2.05) is 19.2 Å². The minimum atomic E-state index is -0.269. The Labute approximate surface area is 149 Å². The van der Waals surface area contributed by atoms with Crippen molar-refractivity contribution in [1.82, 2.24) is 15.0 Å². The van der Waals surface area contributed by atoms with E-state index in [1.54, 1.807) is 12.1 Å². The Hall–Kier alpha value is -3.27. The molecule has 1 aliphatic carbocycles. The Bertz CT molecular complexity index is 1040. The van der Waals surface area contributed by atoms with Gasteiger partial charge in [-0.05, 0) is 55.0 Å². The van der Waals surface area contributed by atoms with Crippen LogP contribution in [-0.4, -0.2) is 15.0 Å². The van der Waals surface area contributed by atoms with Crippen molar-refractivity contribution in [1.29, 1.82) is 5.26 Å². The fraction of sp³-hybridized carbons (Fsp3) is 0.263. The molecule has 3 aromatic rings. The van der Waals surface area contributed by atoms with Crippen LogP contribution in [-0.2, 0) is 0 Å². The van der Waals surface area contributed by atoms with E-state index >= 15 is 0 Å². The number of hydrogen-bond acceptors (Lipinski definition) is 6. The molecular formula is C19H17FN6. The molecular weight excluding hydrogens is 331 g/mol. The molecule has 1 atom stereocenters. The summed E-state index contributed by atoms with van der Waals surface area (Å²) in [5.41, 5.74) is 8.86. The Morgan fingerprint density at radius 1 is 1.31 bits per heavy atom. The van der Waals surface area contributed by atoms with Crippen LogP contribution in [0, 0.1) is 17.1 Å². The summed E-state index contributed by atoms with van der Waals surface area (Å²) in [7, 11) is 0. The van der Waals surface area contributed by atoms with E-state index in [1.165, 1.54) is 12.4 Å². The first-order chi connectivity index (χ1) is 12.6. The van der Waals surface area contributed by atoms with E-state index in [-0.39, 0.29) is 23.2 Å². The van der Waals surface area contributed by atoms with Gasteiger partial charge in [-0.25, -0.2) is 14.4 Å². The fourth-order valence-corrected chi connectivity index (χ4v) is 3.28. The van der Waals surface area contributed by atoms with Crippen molar-refractivity contribution in [3.63, 3.8) is 0 Å². The van der Waals surface area contributed by atoms with Crippen LogP contribution in [0.1, 0.15) is 48.4 Å². The Morgan fingerprint density at radius 2 is 2.12 bits per heavy atom. The van der Waals surface area contributed by atoms with E-state index in [9.17, 15) is 9.65 Å². The van der Waals surface area contributed by atoms with Gasteiger partial charge < -0.3 is 11.1 Å².